The van der Waals surface area contributed by atoms with E-state index in [1.54, 1.807) is 0 Å². The van der Waals surface area contributed by atoms with Gasteiger partial charge in [-0.05, 0) is 64.3 Å². The molecule has 0 saturated heterocycles. The second kappa shape index (κ2) is 13.0. The fourth-order valence-electron chi connectivity index (χ4n) is 3.44. The first kappa shape index (κ1) is 22.8. The molecule has 150 valence electrons. The van der Waals surface area contributed by atoms with Crippen LogP contribution < -0.4 is 9.80 Å². The van der Waals surface area contributed by atoms with Gasteiger partial charge in [0.05, 0.1) is 0 Å². The van der Waals surface area contributed by atoms with Crippen molar-refractivity contribution in [3.05, 3.63) is 24.3 Å². The zero-order valence-corrected chi connectivity index (χ0v) is 18.2. The summed E-state index contributed by atoms with van der Waals surface area (Å²) in [7, 11) is 0. The third-order valence-electron chi connectivity index (χ3n) is 5.50. The number of hydrogen-bond donors (Lipinski definition) is 0. The van der Waals surface area contributed by atoms with E-state index < -0.39 is 0 Å². The molecule has 0 bridgehead atoms. The highest BCUT2D eigenvalue weighted by Gasteiger charge is 2.11. The minimum Gasteiger partial charge on any atom is -0.372 e. The second-order valence-corrected chi connectivity index (χ2v) is 6.73. The predicted octanol–water partition coefficient (Wildman–Crippen LogP) is 4.02. The molecule has 0 saturated carbocycles. The van der Waals surface area contributed by atoms with E-state index in [0.717, 1.165) is 65.4 Å². The van der Waals surface area contributed by atoms with Crippen molar-refractivity contribution >= 4 is 11.4 Å². The smallest absolute Gasteiger partial charge is 0.0368 e. The topological polar surface area (TPSA) is 13.0 Å². The van der Waals surface area contributed by atoms with Crippen molar-refractivity contribution in [2.24, 2.45) is 0 Å². The van der Waals surface area contributed by atoms with E-state index in [9.17, 15) is 0 Å². The predicted molar refractivity (Wildman–Crippen MR) is 118 cm³/mol. The number of anilines is 2. The van der Waals surface area contributed by atoms with Crippen molar-refractivity contribution in [2.75, 3.05) is 75.2 Å². The maximum absolute atomic E-state index is 2.56. The van der Waals surface area contributed by atoms with Crippen molar-refractivity contribution in [1.29, 1.82) is 0 Å². The fraction of sp³-hybridized carbons (Fsp3) is 0.727. The van der Waals surface area contributed by atoms with Gasteiger partial charge in [0.15, 0.2) is 0 Å². The summed E-state index contributed by atoms with van der Waals surface area (Å²) in [4.78, 5) is 9.98. The minimum absolute atomic E-state index is 1.06. The van der Waals surface area contributed by atoms with Crippen LogP contribution in [0.25, 0.3) is 0 Å². The molecule has 0 fully saturated rings. The van der Waals surface area contributed by atoms with E-state index in [1.165, 1.54) is 11.4 Å². The lowest BCUT2D eigenvalue weighted by Crippen LogP contribution is -2.40. The molecule has 1 aromatic rings. The summed E-state index contributed by atoms with van der Waals surface area (Å²) in [5.41, 5.74) is 2.67. The molecule has 0 amide bonds. The molecule has 0 atom stereocenters. The van der Waals surface area contributed by atoms with Gasteiger partial charge in [0.25, 0.3) is 0 Å². The van der Waals surface area contributed by atoms with Crippen molar-refractivity contribution in [1.82, 2.24) is 9.80 Å². The van der Waals surface area contributed by atoms with Gasteiger partial charge in [0.1, 0.15) is 0 Å². The van der Waals surface area contributed by atoms with Crippen LogP contribution in [-0.2, 0) is 0 Å². The van der Waals surface area contributed by atoms with E-state index in [4.69, 9.17) is 0 Å². The summed E-state index contributed by atoms with van der Waals surface area (Å²) in [6, 6.07) is 9.17. The maximum atomic E-state index is 2.56. The van der Waals surface area contributed by atoms with Crippen LogP contribution in [0.2, 0.25) is 0 Å². The van der Waals surface area contributed by atoms with Crippen LogP contribution in [0, 0.1) is 0 Å². The number of rotatable bonds is 14. The molecule has 0 aliphatic carbocycles. The van der Waals surface area contributed by atoms with E-state index in [1.807, 2.05) is 0 Å². The Hall–Kier alpha value is -1.26. The summed E-state index contributed by atoms with van der Waals surface area (Å²) in [5.74, 6) is 0. The van der Waals surface area contributed by atoms with Gasteiger partial charge in [0, 0.05) is 50.6 Å². The highest BCUT2D eigenvalue weighted by atomic mass is 15.2. The molecule has 0 aliphatic rings. The molecule has 4 heteroatoms. The molecule has 4 nitrogen and oxygen atoms in total. The quantitative estimate of drug-likeness (QED) is 0.495. The van der Waals surface area contributed by atoms with Gasteiger partial charge in [-0.25, -0.2) is 0 Å². The zero-order valence-electron chi connectivity index (χ0n) is 18.2. The van der Waals surface area contributed by atoms with Gasteiger partial charge in [-0.2, -0.15) is 0 Å². The molecule has 0 heterocycles. The van der Waals surface area contributed by atoms with Crippen molar-refractivity contribution < 1.29 is 0 Å². The van der Waals surface area contributed by atoms with Gasteiger partial charge in [0.2, 0.25) is 0 Å². The molecule has 0 N–H and O–H groups in total. The van der Waals surface area contributed by atoms with Crippen LogP contribution in [0.3, 0.4) is 0 Å². The van der Waals surface area contributed by atoms with Gasteiger partial charge >= 0.3 is 0 Å². The van der Waals surface area contributed by atoms with E-state index in [0.29, 0.717) is 0 Å². The van der Waals surface area contributed by atoms with Crippen LogP contribution in [-0.4, -0.2) is 75.2 Å². The van der Waals surface area contributed by atoms with Crippen molar-refractivity contribution in [3.8, 4) is 0 Å². The molecule has 26 heavy (non-hydrogen) atoms. The minimum atomic E-state index is 1.06. The number of likely N-dealkylation sites (N-methyl/N-ethyl adjacent to an activating group) is 2. The first-order valence-corrected chi connectivity index (χ1v) is 10.7. The molecule has 0 aromatic heterocycles. The van der Waals surface area contributed by atoms with Crippen molar-refractivity contribution in [3.63, 3.8) is 0 Å². The Bertz CT molecular complexity index is 432. The lowest BCUT2D eigenvalue weighted by molar-refractivity contribution is 0.294. The monoisotopic (exact) mass is 362 g/mol. The summed E-state index contributed by atoms with van der Waals surface area (Å²) in [6.45, 7) is 24.5. The Labute approximate surface area is 162 Å². The molecule has 0 aliphatic heterocycles. The van der Waals surface area contributed by atoms with E-state index in [2.05, 4.69) is 85.4 Å². The standard InChI is InChI=1S/C22H42N4/c1-7-23(8-2)17-19-26(20-18-24(9-3)10-4)22-15-13-21(14-16-22)25(11-5)12-6/h13-16H,7-12,17-20H2,1-6H3. The molecule has 1 rings (SSSR count). The average molecular weight is 363 g/mol. The fourth-order valence-corrected chi connectivity index (χ4v) is 3.44. The lowest BCUT2D eigenvalue weighted by Gasteiger charge is -2.31. The number of nitrogens with zero attached hydrogens (tertiary/aromatic N) is 4. The van der Waals surface area contributed by atoms with E-state index in [-0.39, 0.29) is 0 Å². The number of benzene rings is 1. The summed E-state index contributed by atoms with van der Waals surface area (Å²) >= 11 is 0. The normalized spacial score (nSPS) is 11.4. The SMILES string of the molecule is CCN(CC)CCN(CCN(CC)CC)c1ccc(N(CC)CC)cc1. The van der Waals surface area contributed by atoms with Crippen LogP contribution >= 0.6 is 0 Å². The Morgan fingerprint density at radius 2 is 0.808 bits per heavy atom. The van der Waals surface area contributed by atoms with E-state index >= 15 is 0 Å². The third kappa shape index (κ3) is 7.16. The van der Waals surface area contributed by atoms with Crippen LogP contribution in [0.5, 0.6) is 0 Å². The Morgan fingerprint density at radius 3 is 1.12 bits per heavy atom. The first-order chi connectivity index (χ1) is 12.6. The third-order valence-corrected chi connectivity index (χ3v) is 5.50. The van der Waals surface area contributed by atoms with Gasteiger partial charge in [-0.3, -0.25) is 0 Å². The molecule has 0 unspecified atom stereocenters. The molecule has 1 aromatic carbocycles. The zero-order chi connectivity index (χ0) is 19.4. The number of hydrogen-bond acceptors (Lipinski definition) is 4. The Balaban J connectivity index is 2.84. The van der Waals surface area contributed by atoms with Gasteiger partial charge < -0.3 is 19.6 Å². The Morgan fingerprint density at radius 1 is 0.462 bits per heavy atom. The molecular formula is C22H42N4. The summed E-state index contributed by atoms with van der Waals surface area (Å²) < 4.78 is 0. The second-order valence-electron chi connectivity index (χ2n) is 6.73. The summed E-state index contributed by atoms with van der Waals surface area (Å²) in [6.07, 6.45) is 0. The largest absolute Gasteiger partial charge is 0.372 e. The molecule has 0 spiro atoms. The average Bonchev–Trinajstić information content (AvgIpc) is 2.69. The van der Waals surface area contributed by atoms with Crippen LogP contribution in [0.15, 0.2) is 24.3 Å². The van der Waals surface area contributed by atoms with Gasteiger partial charge in [-0.15, -0.1) is 0 Å². The van der Waals surface area contributed by atoms with Crippen LogP contribution in [0.4, 0.5) is 11.4 Å². The van der Waals surface area contributed by atoms with Gasteiger partial charge in [-0.1, -0.05) is 27.7 Å². The van der Waals surface area contributed by atoms with Crippen molar-refractivity contribution in [2.45, 2.75) is 41.5 Å². The Kier molecular flexibility index (Phi) is 11.4. The highest BCUT2D eigenvalue weighted by Crippen LogP contribution is 2.21. The lowest BCUT2D eigenvalue weighted by atomic mass is 10.2. The summed E-state index contributed by atoms with van der Waals surface area (Å²) in [5, 5.41) is 0. The molecular weight excluding hydrogens is 320 g/mol. The molecule has 0 radical (unpaired) electrons. The van der Waals surface area contributed by atoms with Crippen LogP contribution in [0.1, 0.15) is 41.5 Å². The maximum Gasteiger partial charge on any atom is 0.0368 e. The first-order valence-electron chi connectivity index (χ1n) is 10.7. The highest BCUT2D eigenvalue weighted by molar-refractivity contribution is 5.56.